The fourth-order valence-corrected chi connectivity index (χ4v) is 1.42. The SMILES string of the molecule is CC(=O)NC(=O)c1cc2ccccc2[nH]1. The van der Waals surface area contributed by atoms with Gasteiger partial charge in [-0.3, -0.25) is 14.9 Å². The summed E-state index contributed by atoms with van der Waals surface area (Å²) in [6.45, 7) is 1.31. The second-order valence-electron chi connectivity index (χ2n) is 3.28. The summed E-state index contributed by atoms with van der Waals surface area (Å²) in [7, 11) is 0. The van der Waals surface area contributed by atoms with Crippen molar-refractivity contribution in [1.82, 2.24) is 10.3 Å². The molecule has 1 aromatic heterocycles. The second-order valence-corrected chi connectivity index (χ2v) is 3.28. The Kier molecular flexibility index (Phi) is 2.25. The van der Waals surface area contributed by atoms with Crippen LogP contribution in [0.1, 0.15) is 17.4 Å². The third kappa shape index (κ3) is 1.88. The molecule has 15 heavy (non-hydrogen) atoms. The Labute approximate surface area is 86.3 Å². The van der Waals surface area contributed by atoms with Gasteiger partial charge in [-0.15, -0.1) is 0 Å². The van der Waals surface area contributed by atoms with E-state index < -0.39 is 5.91 Å². The molecule has 1 aromatic carbocycles. The van der Waals surface area contributed by atoms with Crippen LogP contribution >= 0.6 is 0 Å². The van der Waals surface area contributed by atoms with Crippen molar-refractivity contribution in [2.45, 2.75) is 6.92 Å². The zero-order valence-electron chi connectivity index (χ0n) is 8.20. The molecule has 0 spiro atoms. The maximum atomic E-state index is 11.5. The number of rotatable bonds is 1. The highest BCUT2D eigenvalue weighted by atomic mass is 16.2. The van der Waals surface area contributed by atoms with Crippen LogP contribution in [0.5, 0.6) is 0 Å². The number of aromatic amines is 1. The Morgan fingerprint density at radius 1 is 1.27 bits per heavy atom. The zero-order valence-corrected chi connectivity index (χ0v) is 8.20. The molecule has 0 aliphatic heterocycles. The monoisotopic (exact) mass is 202 g/mol. The molecule has 2 amide bonds. The van der Waals surface area contributed by atoms with E-state index in [9.17, 15) is 9.59 Å². The van der Waals surface area contributed by atoms with Gasteiger partial charge in [0.15, 0.2) is 0 Å². The second kappa shape index (κ2) is 3.57. The van der Waals surface area contributed by atoms with E-state index in [2.05, 4.69) is 10.3 Å². The Morgan fingerprint density at radius 3 is 2.67 bits per heavy atom. The van der Waals surface area contributed by atoms with Crippen molar-refractivity contribution in [3.8, 4) is 0 Å². The lowest BCUT2D eigenvalue weighted by atomic mass is 10.2. The number of imide groups is 1. The van der Waals surface area contributed by atoms with Gasteiger partial charge in [0.25, 0.3) is 5.91 Å². The lowest BCUT2D eigenvalue weighted by Crippen LogP contribution is -2.28. The number of fused-ring (bicyclic) bond motifs is 1. The molecule has 2 rings (SSSR count). The number of amides is 2. The van der Waals surface area contributed by atoms with Gasteiger partial charge in [0.05, 0.1) is 0 Å². The van der Waals surface area contributed by atoms with E-state index in [1.54, 1.807) is 6.07 Å². The molecule has 1 heterocycles. The minimum absolute atomic E-state index is 0.362. The first-order valence-electron chi connectivity index (χ1n) is 4.56. The van der Waals surface area contributed by atoms with Crippen molar-refractivity contribution in [3.05, 3.63) is 36.0 Å². The molecule has 76 valence electrons. The summed E-state index contributed by atoms with van der Waals surface area (Å²) in [6, 6.07) is 9.26. The van der Waals surface area contributed by atoms with E-state index in [0.29, 0.717) is 5.69 Å². The minimum Gasteiger partial charge on any atom is -0.351 e. The fraction of sp³-hybridized carbons (Fsp3) is 0.0909. The first-order valence-corrected chi connectivity index (χ1v) is 4.56. The van der Waals surface area contributed by atoms with E-state index >= 15 is 0 Å². The molecule has 0 unspecified atom stereocenters. The normalized spacial score (nSPS) is 10.2. The van der Waals surface area contributed by atoms with E-state index in [4.69, 9.17) is 0 Å². The fourth-order valence-electron chi connectivity index (χ4n) is 1.42. The molecule has 4 nitrogen and oxygen atoms in total. The molecular weight excluding hydrogens is 192 g/mol. The van der Waals surface area contributed by atoms with E-state index in [-0.39, 0.29) is 5.91 Å². The summed E-state index contributed by atoms with van der Waals surface area (Å²) in [5.74, 6) is -0.766. The minimum atomic E-state index is -0.404. The first-order chi connectivity index (χ1) is 7.16. The van der Waals surface area contributed by atoms with E-state index in [0.717, 1.165) is 10.9 Å². The highest BCUT2D eigenvalue weighted by Crippen LogP contribution is 2.14. The van der Waals surface area contributed by atoms with Crippen molar-refractivity contribution in [2.75, 3.05) is 0 Å². The number of aromatic nitrogens is 1. The summed E-state index contributed by atoms with van der Waals surface area (Å²) in [4.78, 5) is 25.1. The number of hydrogen-bond donors (Lipinski definition) is 2. The van der Waals surface area contributed by atoms with Crippen LogP contribution in [0.3, 0.4) is 0 Å². The third-order valence-corrected chi connectivity index (χ3v) is 2.06. The quantitative estimate of drug-likeness (QED) is 0.735. The number of nitrogens with one attached hydrogen (secondary N) is 2. The van der Waals surface area contributed by atoms with Gasteiger partial charge in [-0.1, -0.05) is 18.2 Å². The Hall–Kier alpha value is -2.10. The molecular formula is C11H10N2O2. The predicted molar refractivity (Wildman–Crippen MR) is 56.4 cm³/mol. The Balaban J connectivity index is 2.36. The summed E-state index contributed by atoms with van der Waals surface area (Å²) in [6.07, 6.45) is 0. The van der Waals surface area contributed by atoms with Gasteiger partial charge in [0.1, 0.15) is 5.69 Å². The maximum Gasteiger partial charge on any atom is 0.274 e. The molecule has 0 fully saturated rings. The summed E-state index contributed by atoms with van der Waals surface area (Å²) >= 11 is 0. The van der Waals surface area contributed by atoms with Crippen LogP contribution in [-0.4, -0.2) is 16.8 Å². The van der Waals surface area contributed by atoms with Gasteiger partial charge in [0, 0.05) is 17.8 Å². The highest BCUT2D eigenvalue weighted by Gasteiger charge is 2.09. The average Bonchev–Trinajstić information content (AvgIpc) is 2.59. The van der Waals surface area contributed by atoms with Crippen molar-refractivity contribution >= 4 is 22.7 Å². The van der Waals surface area contributed by atoms with Gasteiger partial charge in [-0.2, -0.15) is 0 Å². The molecule has 4 heteroatoms. The van der Waals surface area contributed by atoms with Crippen molar-refractivity contribution in [1.29, 1.82) is 0 Å². The van der Waals surface area contributed by atoms with E-state index in [1.165, 1.54) is 6.92 Å². The lowest BCUT2D eigenvalue weighted by Gasteiger charge is -1.96. The topological polar surface area (TPSA) is 62.0 Å². The largest absolute Gasteiger partial charge is 0.351 e. The van der Waals surface area contributed by atoms with Crippen LogP contribution in [0.2, 0.25) is 0 Å². The van der Waals surface area contributed by atoms with Gasteiger partial charge < -0.3 is 4.98 Å². The average molecular weight is 202 g/mol. The van der Waals surface area contributed by atoms with Crippen molar-refractivity contribution in [3.63, 3.8) is 0 Å². The number of carbonyl (C=O) groups excluding carboxylic acids is 2. The van der Waals surface area contributed by atoms with Crippen molar-refractivity contribution < 1.29 is 9.59 Å². The van der Waals surface area contributed by atoms with Crippen LogP contribution in [-0.2, 0) is 4.79 Å². The van der Waals surface area contributed by atoms with Gasteiger partial charge in [-0.25, -0.2) is 0 Å². The molecule has 0 radical (unpaired) electrons. The number of benzene rings is 1. The van der Waals surface area contributed by atoms with Gasteiger partial charge >= 0.3 is 0 Å². The number of hydrogen-bond acceptors (Lipinski definition) is 2. The standard InChI is InChI=1S/C11H10N2O2/c1-7(14)12-11(15)10-6-8-4-2-3-5-9(8)13-10/h2-6,13H,1H3,(H,12,14,15). The lowest BCUT2D eigenvalue weighted by molar-refractivity contribution is -0.118. The van der Waals surface area contributed by atoms with Crippen LogP contribution in [0, 0.1) is 0 Å². The summed E-state index contributed by atoms with van der Waals surface area (Å²) in [5, 5.41) is 3.16. The van der Waals surface area contributed by atoms with Gasteiger partial charge in [-0.05, 0) is 12.1 Å². The zero-order chi connectivity index (χ0) is 10.8. The van der Waals surface area contributed by atoms with Crippen LogP contribution in [0.25, 0.3) is 10.9 Å². The molecule has 2 N–H and O–H groups in total. The number of H-pyrrole nitrogens is 1. The summed E-state index contributed by atoms with van der Waals surface area (Å²) < 4.78 is 0. The van der Waals surface area contributed by atoms with Crippen LogP contribution < -0.4 is 5.32 Å². The molecule has 0 saturated heterocycles. The molecule has 0 aliphatic rings. The molecule has 0 atom stereocenters. The predicted octanol–water partition coefficient (Wildman–Crippen LogP) is 1.44. The Bertz CT molecular complexity index is 495. The summed E-state index contributed by atoms with van der Waals surface area (Å²) in [5.41, 5.74) is 1.28. The molecule has 0 aliphatic carbocycles. The Morgan fingerprint density at radius 2 is 2.00 bits per heavy atom. The van der Waals surface area contributed by atoms with Crippen molar-refractivity contribution in [2.24, 2.45) is 0 Å². The molecule has 0 bridgehead atoms. The van der Waals surface area contributed by atoms with Crippen LogP contribution in [0.4, 0.5) is 0 Å². The van der Waals surface area contributed by atoms with Gasteiger partial charge in [0.2, 0.25) is 5.91 Å². The maximum absolute atomic E-state index is 11.5. The third-order valence-electron chi connectivity index (χ3n) is 2.06. The first kappa shape index (κ1) is 9.45. The van der Waals surface area contributed by atoms with Crippen LogP contribution in [0.15, 0.2) is 30.3 Å². The number of para-hydroxylation sites is 1. The molecule has 2 aromatic rings. The highest BCUT2D eigenvalue weighted by molar-refractivity contribution is 6.05. The number of carbonyl (C=O) groups is 2. The smallest absolute Gasteiger partial charge is 0.274 e. The molecule has 0 saturated carbocycles. The van der Waals surface area contributed by atoms with E-state index in [1.807, 2.05) is 24.3 Å².